The molecule has 0 amide bonds. The number of unbranched alkanes of at least 4 members (excludes halogenated alkanes) is 2. The molecule has 0 bridgehead atoms. The minimum absolute atomic E-state index is 0.0995. The van der Waals surface area contributed by atoms with E-state index in [9.17, 15) is 17.6 Å². The van der Waals surface area contributed by atoms with Gasteiger partial charge in [0.05, 0.1) is 5.75 Å². The molecule has 0 unspecified atom stereocenters. The molecule has 112 valence electrons. The molecule has 0 spiro atoms. The summed E-state index contributed by atoms with van der Waals surface area (Å²) in [6.07, 6.45) is 1.89. The van der Waals surface area contributed by atoms with E-state index < -0.39 is 21.8 Å². The molecule has 0 atom stereocenters. The minimum Gasteiger partial charge on any atom is -0.481 e. The Morgan fingerprint density at radius 1 is 1.15 bits per heavy atom. The monoisotopic (exact) mass is 303 g/mol. The second kappa shape index (κ2) is 7.96. The Kier molecular flexibility index (Phi) is 6.60. The Morgan fingerprint density at radius 3 is 2.40 bits per heavy atom. The number of carboxylic acid groups (broad SMARTS) is 1. The number of nitrogens with one attached hydrogen (secondary N) is 1. The molecule has 0 heterocycles. The van der Waals surface area contributed by atoms with E-state index in [-0.39, 0.29) is 18.7 Å². The maximum Gasteiger partial charge on any atom is 0.303 e. The van der Waals surface area contributed by atoms with E-state index in [1.54, 1.807) is 0 Å². The highest BCUT2D eigenvalue weighted by Gasteiger charge is 2.10. The van der Waals surface area contributed by atoms with E-state index in [1.807, 2.05) is 0 Å². The molecule has 0 aliphatic heterocycles. The van der Waals surface area contributed by atoms with Crippen LogP contribution in [0.25, 0.3) is 0 Å². The van der Waals surface area contributed by atoms with Crippen LogP contribution in [0.15, 0.2) is 24.3 Å². The van der Waals surface area contributed by atoms with Crippen LogP contribution in [-0.4, -0.2) is 26.0 Å². The highest BCUT2D eigenvalue weighted by molar-refractivity contribution is 7.88. The Labute approximate surface area is 117 Å². The molecule has 0 radical (unpaired) electrons. The highest BCUT2D eigenvalue weighted by Crippen LogP contribution is 2.07. The largest absolute Gasteiger partial charge is 0.481 e. The van der Waals surface area contributed by atoms with Crippen LogP contribution in [0.5, 0.6) is 0 Å². The van der Waals surface area contributed by atoms with Gasteiger partial charge in [-0.05, 0) is 30.5 Å². The van der Waals surface area contributed by atoms with Crippen molar-refractivity contribution in [3.05, 3.63) is 35.6 Å². The molecule has 7 heteroatoms. The van der Waals surface area contributed by atoms with Crippen LogP contribution < -0.4 is 4.72 Å². The molecule has 0 aliphatic carbocycles. The lowest BCUT2D eigenvalue weighted by Gasteiger charge is -2.06. The molecule has 0 aliphatic rings. The van der Waals surface area contributed by atoms with E-state index in [0.29, 0.717) is 24.8 Å². The predicted octanol–water partition coefficient (Wildman–Crippen LogP) is 1.89. The Bertz CT molecular complexity index is 528. The summed E-state index contributed by atoms with van der Waals surface area (Å²) >= 11 is 0. The van der Waals surface area contributed by atoms with E-state index in [0.717, 1.165) is 0 Å². The summed E-state index contributed by atoms with van der Waals surface area (Å²) in [6.45, 7) is 0.281. The summed E-state index contributed by atoms with van der Waals surface area (Å²) in [5, 5.41) is 8.44. The van der Waals surface area contributed by atoms with Gasteiger partial charge in [-0.3, -0.25) is 4.79 Å². The fourth-order valence-corrected chi connectivity index (χ4v) is 2.85. The number of hydrogen-bond acceptors (Lipinski definition) is 3. The van der Waals surface area contributed by atoms with E-state index >= 15 is 0 Å². The zero-order chi connectivity index (χ0) is 15.0. The Morgan fingerprint density at radius 2 is 1.80 bits per heavy atom. The van der Waals surface area contributed by atoms with Gasteiger partial charge in [-0.2, -0.15) is 0 Å². The first-order valence-electron chi connectivity index (χ1n) is 6.32. The highest BCUT2D eigenvalue weighted by atomic mass is 32.2. The lowest BCUT2D eigenvalue weighted by atomic mass is 10.2. The third-order valence-corrected chi connectivity index (χ3v) is 4.02. The van der Waals surface area contributed by atoms with Crippen LogP contribution in [0.4, 0.5) is 4.39 Å². The predicted molar refractivity (Wildman–Crippen MR) is 73.1 cm³/mol. The molecule has 1 aromatic rings. The average molecular weight is 303 g/mol. The van der Waals surface area contributed by atoms with Crippen molar-refractivity contribution in [3.63, 3.8) is 0 Å². The number of halogens is 1. The molecule has 20 heavy (non-hydrogen) atoms. The summed E-state index contributed by atoms with van der Waals surface area (Å²) in [5.74, 6) is -1.44. The molecular formula is C13H18FNO4S. The van der Waals surface area contributed by atoms with Gasteiger partial charge in [0, 0.05) is 13.0 Å². The summed E-state index contributed by atoms with van der Waals surface area (Å²) < 4.78 is 38.6. The number of sulfonamides is 1. The Hall–Kier alpha value is -1.47. The van der Waals surface area contributed by atoms with Gasteiger partial charge in [-0.25, -0.2) is 17.5 Å². The van der Waals surface area contributed by atoms with Gasteiger partial charge >= 0.3 is 5.97 Å². The number of benzene rings is 1. The second-order valence-electron chi connectivity index (χ2n) is 4.48. The maximum atomic E-state index is 12.7. The lowest BCUT2D eigenvalue weighted by molar-refractivity contribution is -0.137. The van der Waals surface area contributed by atoms with Crippen molar-refractivity contribution in [1.82, 2.24) is 4.72 Å². The number of hydrogen-bond donors (Lipinski definition) is 2. The van der Waals surface area contributed by atoms with Gasteiger partial charge in [-0.15, -0.1) is 0 Å². The summed E-state index contributed by atoms with van der Waals surface area (Å²) in [7, 11) is -3.44. The smallest absolute Gasteiger partial charge is 0.303 e. The van der Waals surface area contributed by atoms with Gasteiger partial charge in [0.15, 0.2) is 0 Å². The van der Waals surface area contributed by atoms with Crippen LogP contribution in [0.3, 0.4) is 0 Å². The van der Waals surface area contributed by atoms with Crippen LogP contribution >= 0.6 is 0 Å². The zero-order valence-corrected chi connectivity index (χ0v) is 11.8. The summed E-state index contributed by atoms with van der Waals surface area (Å²) in [6, 6.07) is 5.30. The number of carboxylic acids is 1. The molecule has 1 rings (SSSR count). The molecular weight excluding hydrogens is 285 g/mol. The van der Waals surface area contributed by atoms with Gasteiger partial charge < -0.3 is 5.11 Å². The molecule has 0 aromatic heterocycles. The van der Waals surface area contributed by atoms with Gasteiger partial charge in [0.2, 0.25) is 10.0 Å². The average Bonchev–Trinajstić information content (AvgIpc) is 2.36. The minimum atomic E-state index is -3.44. The molecule has 0 saturated heterocycles. The fourth-order valence-electron chi connectivity index (χ4n) is 1.66. The maximum absolute atomic E-state index is 12.7. The number of carbonyl (C=O) groups is 1. The molecule has 0 saturated carbocycles. The van der Waals surface area contributed by atoms with Gasteiger partial charge in [0.25, 0.3) is 0 Å². The normalized spacial score (nSPS) is 11.4. The fraction of sp³-hybridized carbons (Fsp3) is 0.462. The molecule has 5 nitrogen and oxygen atoms in total. The third-order valence-electron chi connectivity index (χ3n) is 2.66. The van der Waals surface area contributed by atoms with Crippen LogP contribution in [0, 0.1) is 5.82 Å². The van der Waals surface area contributed by atoms with Crippen molar-refractivity contribution >= 4 is 16.0 Å². The first kappa shape index (κ1) is 16.6. The number of rotatable bonds is 9. The van der Waals surface area contributed by atoms with Crippen molar-refractivity contribution in [2.24, 2.45) is 0 Å². The van der Waals surface area contributed by atoms with E-state index in [1.165, 1.54) is 24.3 Å². The SMILES string of the molecule is O=C(O)CCCCCNS(=O)(=O)Cc1ccc(F)cc1. The second-order valence-corrected chi connectivity index (χ2v) is 6.29. The first-order chi connectivity index (χ1) is 9.39. The van der Waals surface area contributed by atoms with Crippen LogP contribution in [0.2, 0.25) is 0 Å². The van der Waals surface area contributed by atoms with E-state index in [4.69, 9.17) is 5.11 Å². The topological polar surface area (TPSA) is 83.5 Å². The zero-order valence-electron chi connectivity index (χ0n) is 11.0. The number of aliphatic carboxylic acids is 1. The van der Waals surface area contributed by atoms with Gasteiger partial charge in [-0.1, -0.05) is 18.6 Å². The standard InChI is InChI=1S/C13H18FNO4S/c14-12-7-5-11(6-8-12)10-20(18,19)15-9-3-1-2-4-13(16)17/h5-8,15H,1-4,9-10H2,(H,16,17). The van der Waals surface area contributed by atoms with E-state index in [2.05, 4.69) is 4.72 Å². The molecule has 2 N–H and O–H groups in total. The van der Waals surface area contributed by atoms with Crippen molar-refractivity contribution in [3.8, 4) is 0 Å². The summed E-state index contributed by atoms with van der Waals surface area (Å²) in [5.41, 5.74) is 0.518. The first-order valence-corrected chi connectivity index (χ1v) is 7.98. The summed E-state index contributed by atoms with van der Waals surface area (Å²) in [4.78, 5) is 10.3. The molecule has 0 fully saturated rings. The van der Waals surface area contributed by atoms with Crippen molar-refractivity contribution in [2.45, 2.75) is 31.4 Å². The van der Waals surface area contributed by atoms with Gasteiger partial charge in [0.1, 0.15) is 5.82 Å². The quantitative estimate of drug-likeness (QED) is 0.682. The third kappa shape index (κ3) is 7.20. The van der Waals surface area contributed by atoms with Crippen LogP contribution in [0.1, 0.15) is 31.2 Å². The van der Waals surface area contributed by atoms with Crippen molar-refractivity contribution in [1.29, 1.82) is 0 Å². The van der Waals surface area contributed by atoms with Crippen LogP contribution in [-0.2, 0) is 20.6 Å². The van der Waals surface area contributed by atoms with Crippen molar-refractivity contribution in [2.75, 3.05) is 6.54 Å². The molecule has 1 aromatic carbocycles. The van der Waals surface area contributed by atoms with Crippen molar-refractivity contribution < 1.29 is 22.7 Å². The Balaban J connectivity index is 2.28. The lowest BCUT2D eigenvalue weighted by Crippen LogP contribution is -2.26.